The van der Waals surface area contributed by atoms with E-state index in [1.165, 1.54) is 0 Å². The third-order valence-electron chi connectivity index (χ3n) is 3.58. The zero-order chi connectivity index (χ0) is 18.9. The molecular formula is C18H24BrN5OS. The van der Waals surface area contributed by atoms with Crippen molar-refractivity contribution >= 4 is 39.1 Å². The van der Waals surface area contributed by atoms with E-state index in [4.69, 9.17) is 0 Å². The first-order valence-electron chi connectivity index (χ1n) is 8.42. The van der Waals surface area contributed by atoms with Gasteiger partial charge in [0.05, 0.1) is 12.2 Å². The quantitative estimate of drug-likeness (QED) is 0.353. The Kier molecular flexibility index (Phi) is 8.06. The van der Waals surface area contributed by atoms with Gasteiger partial charge in [-0.1, -0.05) is 35.8 Å². The molecule has 0 aliphatic rings. The lowest BCUT2D eigenvalue weighted by atomic mass is 10.2. The first kappa shape index (κ1) is 20.4. The van der Waals surface area contributed by atoms with Crippen molar-refractivity contribution in [3.63, 3.8) is 0 Å². The van der Waals surface area contributed by atoms with Gasteiger partial charge in [-0.15, -0.1) is 11.3 Å². The lowest BCUT2D eigenvalue weighted by Crippen LogP contribution is -2.41. The number of carbonyl (C=O) groups is 1. The minimum absolute atomic E-state index is 0.0972. The first-order valence-corrected chi connectivity index (χ1v) is 10.1. The number of benzene rings is 1. The Morgan fingerprint density at radius 2 is 2.04 bits per heavy atom. The maximum absolute atomic E-state index is 12.1. The van der Waals surface area contributed by atoms with Gasteiger partial charge >= 0.3 is 0 Å². The average Bonchev–Trinajstić information content (AvgIpc) is 3.10. The molecular weight excluding hydrogens is 414 g/mol. The molecule has 0 unspecified atom stereocenters. The molecule has 0 bridgehead atoms. The molecule has 0 aliphatic carbocycles. The maximum Gasteiger partial charge on any atom is 0.251 e. The van der Waals surface area contributed by atoms with Crippen LogP contribution in [0, 0.1) is 0 Å². The van der Waals surface area contributed by atoms with Crippen LogP contribution in [0.2, 0.25) is 0 Å². The molecule has 0 saturated carbocycles. The van der Waals surface area contributed by atoms with Gasteiger partial charge in [0.15, 0.2) is 5.96 Å². The van der Waals surface area contributed by atoms with Crippen molar-refractivity contribution in [1.29, 1.82) is 0 Å². The smallest absolute Gasteiger partial charge is 0.251 e. The fraction of sp³-hybridized carbons (Fsp3) is 0.389. The average molecular weight is 438 g/mol. The van der Waals surface area contributed by atoms with Gasteiger partial charge in [-0.2, -0.15) is 0 Å². The molecule has 2 rings (SSSR count). The van der Waals surface area contributed by atoms with Crippen LogP contribution in [0.15, 0.2) is 39.1 Å². The third-order valence-corrected chi connectivity index (χ3v) is 4.94. The van der Waals surface area contributed by atoms with E-state index in [2.05, 4.69) is 61.1 Å². The molecule has 1 aromatic heterocycles. The van der Waals surface area contributed by atoms with E-state index in [1.807, 2.05) is 12.1 Å². The van der Waals surface area contributed by atoms with Crippen molar-refractivity contribution in [3.05, 3.63) is 50.4 Å². The number of aromatic nitrogens is 1. The van der Waals surface area contributed by atoms with Crippen LogP contribution >= 0.6 is 27.3 Å². The number of nitrogens with zero attached hydrogens (tertiary/aromatic N) is 2. The van der Waals surface area contributed by atoms with Gasteiger partial charge in [0.25, 0.3) is 5.91 Å². The van der Waals surface area contributed by atoms with Crippen LogP contribution in [0.5, 0.6) is 0 Å². The SMILES string of the molecule is CN=C(NCCNC(=O)c1cccc(Br)c1)NCc1nc(C(C)C)cs1. The van der Waals surface area contributed by atoms with Crippen LogP contribution < -0.4 is 16.0 Å². The van der Waals surface area contributed by atoms with Gasteiger partial charge in [-0.3, -0.25) is 9.79 Å². The summed E-state index contributed by atoms with van der Waals surface area (Å²) in [6.07, 6.45) is 0. The van der Waals surface area contributed by atoms with Gasteiger partial charge in [-0.25, -0.2) is 4.98 Å². The van der Waals surface area contributed by atoms with Gasteiger partial charge in [-0.05, 0) is 24.1 Å². The van der Waals surface area contributed by atoms with E-state index in [0.717, 1.165) is 15.2 Å². The Bertz CT molecular complexity index is 760. The molecule has 0 fully saturated rings. The van der Waals surface area contributed by atoms with Crippen molar-refractivity contribution in [2.24, 2.45) is 4.99 Å². The number of hydrogen-bond donors (Lipinski definition) is 3. The lowest BCUT2D eigenvalue weighted by Gasteiger charge is -2.11. The number of thiazole rings is 1. The summed E-state index contributed by atoms with van der Waals surface area (Å²) in [5.74, 6) is 1.02. The Morgan fingerprint density at radius 3 is 2.69 bits per heavy atom. The van der Waals surface area contributed by atoms with E-state index in [-0.39, 0.29) is 5.91 Å². The van der Waals surface area contributed by atoms with Crippen molar-refractivity contribution in [3.8, 4) is 0 Å². The second kappa shape index (κ2) is 10.3. The number of amides is 1. The summed E-state index contributed by atoms with van der Waals surface area (Å²) in [6, 6.07) is 7.31. The highest BCUT2D eigenvalue weighted by molar-refractivity contribution is 9.10. The zero-order valence-corrected chi connectivity index (χ0v) is 17.6. The van der Waals surface area contributed by atoms with E-state index in [1.54, 1.807) is 30.5 Å². The molecule has 1 aromatic carbocycles. The largest absolute Gasteiger partial charge is 0.355 e. The number of halogens is 1. The Labute approximate surface area is 166 Å². The number of guanidine groups is 1. The number of carbonyl (C=O) groups excluding carboxylic acids is 1. The van der Waals surface area contributed by atoms with Crippen LogP contribution in [0.3, 0.4) is 0 Å². The number of nitrogens with one attached hydrogen (secondary N) is 3. The first-order chi connectivity index (χ1) is 12.5. The maximum atomic E-state index is 12.1. The van der Waals surface area contributed by atoms with Crippen molar-refractivity contribution < 1.29 is 4.79 Å². The lowest BCUT2D eigenvalue weighted by molar-refractivity contribution is 0.0954. The molecule has 140 valence electrons. The normalized spacial score (nSPS) is 11.5. The number of hydrogen-bond acceptors (Lipinski definition) is 4. The summed E-state index contributed by atoms with van der Waals surface area (Å²) < 4.78 is 0.885. The highest BCUT2D eigenvalue weighted by atomic mass is 79.9. The van der Waals surface area contributed by atoms with Gasteiger partial charge in [0, 0.05) is 35.6 Å². The molecule has 1 amide bonds. The third kappa shape index (κ3) is 6.42. The van der Waals surface area contributed by atoms with Gasteiger partial charge < -0.3 is 16.0 Å². The predicted molar refractivity (Wildman–Crippen MR) is 111 cm³/mol. The molecule has 1 heterocycles. The molecule has 0 atom stereocenters. The summed E-state index contributed by atoms with van der Waals surface area (Å²) >= 11 is 5.01. The summed E-state index contributed by atoms with van der Waals surface area (Å²) in [7, 11) is 1.72. The van der Waals surface area contributed by atoms with Crippen LogP contribution in [-0.4, -0.2) is 37.0 Å². The standard InChI is InChI=1S/C18H24BrN5OS/c1-12(2)15-11-26-16(24-15)10-23-18(20-3)22-8-7-21-17(25)13-5-4-6-14(19)9-13/h4-6,9,11-12H,7-8,10H2,1-3H3,(H,21,25)(H2,20,22,23). The minimum Gasteiger partial charge on any atom is -0.355 e. The highest BCUT2D eigenvalue weighted by Crippen LogP contribution is 2.17. The second-order valence-corrected chi connectivity index (χ2v) is 7.80. The second-order valence-electron chi connectivity index (χ2n) is 5.94. The topological polar surface area (TPSA) is 78.4 Å². The summed E-state index contributed by atoms with van der Waals surface area (Å²) in [5.41, 5.74) is 1.75. The van der Waals surface area contributed by atoms with Gasteiger partial charge in [0.1, 0.15) is 5.01 Å². The summed E-state index contributed by atoms with van der Waals surface area (Å²) in [4.78, 5) is 20.8. The van der Waals surface area contributed by atoms with Gasteiger partial charge in [0.2, 0.25) is 0 Å². The van der Waals surface area contributed by atoms with Crippen molar-refractivity contribution in [1.82, 2.24) is 20.9 Å². The molecule has 0 spiro atoms. The molecule has 6 nitrogen and oxygen atoms in total. The molecule has 0 radical (unpaired) electrons. The predicted octanol–water partition coefficient (Wildman–Crippen LogP) is 3.12. The van der Waals surface area contributed by atoms with E-state index in [0.29, 0.717) is 37.1 Å². The van der Waals surface area contributed by atoms with Crippen LogP contribution in [-0.2, 0) is 6.54 Å². The molecule has 3 N–H and O–H groups in total. The Hall–Kier alpha value is -1.93. The molecule has 0 aliphatic heterocycles. The van der Waals surface area contributed by atoms with E-state index < -0.39 is 0 Å². The Morgan fingerprint density at radius 1 is 1.27 bits per heavy atom. The van der Waals surface area contributed by atoms with Crippen molar-refractivity contribution in [2.45, 2.75) is 26.3 Å². The fourth-order valence-corrected chi connectivity index (χ4v) is 3.43. The van der Waals surface area contributed by atoms with Crippen LogP contribution in [0.1, 0.15) is 40.8 Å². The molecule has 0 saturated heterocycles. The van der Waals surface area contributed by atoms with E-state index in [9.17, 15) is 4.79 Å². The monoisotopic (exact) mass is 437 g/mol. The van der Waals surface area contributed by atoms with Crippen LogP contribution in [0.4, 0.5) is 0 Å². The molecule has 8 heteroatoms. The zero-order valence-electron chi connectivity index (χ0n) is 15.2. The minimum atomic E-state index is -0.0972. The Balaban J connectivity index is 1.70. The molecule has 2 aromatic rings. The highest BCUT2D eigenvalue weighted by Gasteiger charge is 2.07. The summed E-state index contributed by atoms with van der Waals surface area (Å²) in [6.45, 7) is 5.97. The fourth-order valence-electron chi connectivity index (χ4n) is 2.14. The number of aliphatic imine (C=N–C) groups is 1. The summed E-state index contributed by atoms with van der Waals surface area (Å²) in [5, 5.41) is 12.4. The van der Waals surface area contributed by atoms with Crippen LogP contribution in [0.25, 0.3) is 0 Å². The van der Waals surface area contributed by atoms with E-state index >= 15 is 0 Å². The van der Waals surface area contributed by atoms with Crippen molar-refractivity contribution in [2.75, 3.05) is 20.1 Å². The number of rotatable bonds is 7. The molecule has 26 heavy (non-hydrogen) atoms.